The van der Waals surface area contributed by atoms with E-state index < -0.39 is 18.6 Å². The molecule has 1 rings (SSSR count). The standard InChI is InChI=1S/C11H11F3N2.ClH/c12-11(13,14)5-4-10(16)9-3-1-2-8(6-9)7-15;/h1-3,6,10H,4-5,16H2;1H/t10-;/m0./s1. The van der Waals surface area contributed by atoms with Crippen LogP contribution in [0.2, 0.25) is 0 Å². The van der Waals surface area contributed by atoms with Gasteiger partial charge in [-0.1, -0.05) is 12.1 Å². The normalized spacial score (nSPS) is 12.4. The van der Waals surface area contributed by atoms with Crippen LogP contribution in [0.3, 0.4) is 0 Å². The van der Waals surface area contributed by atoms with E-state index >= 15 is 0 Å². The lowest BCUT2D eigenvalue weighted by Gasteiger charge is -2.13. The van der Waals surface area contributed by atoms with E-state index in [0.29, 0.717) is 11.1 Å². The summed E-state index contributed by atoms with van der Waals surface area (Å²) < 4.78 is 35.9. The lowest BCUT2D eigenvalue weighted by molar-refractivity contribution is -0.136. The van der Waals surface area contributed by atoms with E-state index in [-0.39, 0.29) is 18.8 Å². The van der Waals surface area contributed by atoms with Crippen molar-refractivity contribution in [2.24, 2.45) is 5.73 Å². The number of rotatable bonds is 3. The number of benzene rings is 1. The SMILES string of the molecule is Cl.N#Cc1cccc([C@@H](N)CCC(F)(F)F)c1. The van der Waals surface area contributed by atoms with E-state index in [0.717, 1.165) is 0 Å². The first-order valence-corrected chi connectivity index (χ1v) is 4.75. The van der Waals surface area contributed by atoms with Gasteiger partial charge in [-0.3, -0.25) is 0 Å². The predicted molar refractivity (Wildman–Crippen MR) is 60.6 cm³/mol. The van der Waals surface area contributed by atoms with Gasteiger partial charge in [0.1, 0.15) is 0 Å². The van der Waals surface area contributed by atoms with Gasteiger partial charge in [-0.2, -0.15) is 18.4 Å². The molecule has 0 aliphatic heterocycles. The summed E-state index contributed by atoms with van der Waals surface area (Å²) in [4.78, 5) is 0. The number of nitrogens with zero attached hydrogens (tertiary/aromatic N) is 1. The molecule has 1 aromatic carbocycles. The molecule has 17 heavy (non-hydrogen) atoms. The highest BCUT2D eigenvalue weighted by atomic mass is 35.5. The molecule has 0 amide bonds. The van der Waals surface area contributed by atoms with Crippen LogP contribution in [-0.4, -0.2) is 6.18 Å². The van der Waals surface area contributed by atoms with E-state index in [1.165, 1.54) is 6.07 Å². The third-order valence-corrected chi connectivity index (χ3v) is 2.18. The maximum Gasteiger partial charge on any atom is 0.389 e. The Bertz CT molecular complexity index is 398. The minimum Gasteiger partial charge on any atom is -0.324 e. The highest BCUT2D eigenvalue weighted by Gasteiger charge is 2.27. The summed E-state index contributed by atoms with van der Waals surface area (Å²) in [6.07, 6.45) is -5.27. The van der Waals surface area contributed by atoms with Gasteiger partial charge in [-0.15, -0.1) is 12.4 Å². The predicted octanol–water partition coefficient (Wildman–Crippen LogP) is 3.32. The molecule has 0 aliphatic carbocycles. The summed E-state index contributed by atoms with van der Waals surface area (Å²) >= 11 is 0. The molecule has 0 unspecified atom stereocenters. The van der Waals surface area contributed by atoms with Crippen molar-refractivity contribution in [1.82, 2.24) is 0 Å². The minimum atomic E-state index is -4.19. The lowest BCUT2D eigenvalue weighted by Crippen LogP contribution is -2.15. The Hall–Kier alpha value is -1.25. The summed E-state index contributed by atoms with van der Waals surface area (Å²) in [5.41, 5.74) is 6.58. The van der Waals surface area contributed by atoms with Crippen LogP contribution in [0, 0.1) is 11.3 Å². The average Bonchev–Trinajstić information content (AvgIpc) is 2.25. The number of nitrogens with two attached hydrogens (primary N) is 1. The van der Waals surface area contributed by atoms with Gasteiger partial charge in [0.15, 0.2) is 0 Å². The fourth-order valence-corrected chi connectivity index (χ4v) is 1.32. The lowest BCUT2D eigenvalue weighted by atomic mass is 10.0. The first kappa shape index (κ1) is 15.8. The topological polar surface area (TPSA) is 49.8 Å². The smallest absolute Gasteiger partial charge is 0.324 e. The van der Waals surface area contributed by atoms with Crippen molar-refractivity contribution in [1.29, 1.82) is 5.26 Å². The van der Waals surface area contributed by atoms with Crippen LogP contribution >= 0.6 is 12.4 Å². The van der Waals surface area contributed by atoms with E-state index in [1.807, 2.05) is 6.07 Å². The van der Waals surface area contributed by atoms with Crippen LogP contribution in [0.15, 0.2) is 24.3 Å². The fraction of sp³-hybridized carbons (Fsp3) is 0.364. The number of hydrogen-bond acceptors (Lipinski definition) is 2. The van der Waals surface area contributed by atoms with Crippen molar-refractivity contribution in [2.75, 3.05) is 0 Å². The maximum absolute atomic E-state index is 12.0. The Balaban J connectivity index is 0.00000256. The van der Waals surface area contributed by atoms with Crippen LogP contribution in [0.5, 0.6) is 0 Å². The Kier molecular flexibility index (Phi) is 6.00. The molecule has 94 valence electrons. The fourth-order valence-electron chi connectivity index (χ4n) is 1.32. The van der Waals surface area contributed by atoms with Gasteiger partial charge in [-0.05, 0) is 24.1 Å². The van der Waals surface area contributed by atoms with Crippen LogP contribution in [0.25, 0.3) is 0 Å². The summed E-state index contributed by atoms with van der Waals surface area (Å²) in [7, 11) is 0. The molecular formula is C11H12ClF3N2. The molecule has 6 heteroatoms. The Morgan fingerprint density at radius 3 is 2.53 bits per heavy atom. The number of alkyl halides is 3. The molecule has 0 aliphatic rings. The van der Waals surface area contributed by atoms with E-state index in [4.69, 9.17) is 11.0 Å². The molecular weight excluding hydrogens is 253 g/mol. The second kappa shape index (κ2) is 6.48. The average molecular weight is 265 g/mol. The largest absolute Gasteiger partial charge is 0.389 e. The van der Waals surface area contributed by atoms with Crippen LogP contribution in [0.4, 0.5) is 13.2 Å². The van der Waals surface area contributed by atoms with E-state index in [1.54, 1.807) is 18.2 Å². The van der Waals surface area contributed by atoms with Gasteiger partial charge in [-0.25, -0.2) is 0 Å². The first-order valence-electron chi connectivity index (χ1n) is 4.75. The number of hydrogen-bond donors (Lipinski definition) is 1. The second-order valence-electron chi connectivity index (χ2n) is 3.50. The molecule has 1 atom stereocenters. The van der Waals surface area contributed by atoms with Crippen molar-refractivity contribution in [3.8, 4) is 6.07 Å². The number of halogens is 4. The van der Waals surface area contributed by atoms with Crippen molar-refractivity contribution >= 4 is 12.4 Å². The highest BCUT2D eigenvalue weighted by Crippen LogP contribution is 2.26. The van der Waals surface area contributed by atoms with Crippen molar-refractivity contribution in [3.05, 3.63) is 35.4 Å². The minimum absolute atomic E-state index is 0. The first-order chi connectivity index (χ1) is 7.42. The molecule has 0 aromatic heterocycles. The zero-order chi connectivity index (χ0) is 12.2. The summed E-state index contributed by atoms with van der Waals surface area (Å²) in [5.74, 6) is 0. The molecule has 2 nitrogen and oxygen atoms in total. The summed E-state index contributed by atoms with van der Waals surface area (Å²) in [5, 5.41) is 8.63. The molecule has 1 aromatic rings. The third kappa shape index (κ3) is 5.57. The number of nitriles is 1. The summed E-state index contributed by atoms with van der Waals surface area (Å²) in [6.45, 7) is 0. The molecule has 0 heterocycles. The van der Waals surface area contributed by atoms with Crippen molar-refractivity contribution in [2.45, 2.75) is 25.1 Å². The molecule has 0 bridgehead atoms. The molecule has 2 N–H and O–H groups in total. The molecule has 0 saturated carbocycles. The Morgan fingerprint density at radius 1 is 1.35 bits per heavy atom. The third-order valence-electron chi connectivity index (χ3n) is 2.18. The van der Waals surface area contributed by atoms with Gasteiger partial charge in [0, 0.05) is 12.5 Å². The van der Waals surface area contributed by atoms with Crippen LogP contribution in [0.1, 0.15) is 30.0 Å². The van der Waals surface area contributed by atoms with Crippen molar-refractivity contribution in [3.63, 3.8) is 0 Å². The van der Waals surface area contributed by atoms with Gasteiger partial charge in [0.2, 0.25) is 0 Å². The Labute approximate surface area is 104 Å². The van der Waals surface area contributed by atoms with Crippen molar-refractivity contribution < 1.29 is 13.2 Å². The molecule has 0 radical (unpaired) electrons. The van der Waals surface area contributed by atoms with Gasteiger partial charge >= 0.3 is 6.18 Å². The molecule has 0 fully saturated rings. The van der Waals surface area contributed by atoms with E-state index in [2.05, 4.69) is 0 Å². The highest BCUT2D eigenvalue weighted by molar-refractivity contribution is 5.85. The maximum atomic E-state index is 12.0. The quantitative estimate of drug-likeness (QED) is 0.910. The van der Waals surface area contributed by atoms with Gasteiger partial charge < -0.3 is 5.73 Å². The summed E-state index contributed by atoms with van der Waals surface area (Å²) in [6, 6.07) is 7.57. The van der Waals surface area contributed by atoms with E-state index in [9.17, 15) is 13.2 Å². The monoisotopic (exact) mass is 264 g/mol. The van der Waals surface area contributed by atoms with Gasteiger partial charge in [0.25, 0.3) is 0 Å². The molecule has 0 spiro atoms. The second-order valence-corrected chi connectivity index (χ2v) is 3.50. The Morgan fingerprint density at radius 2 is 2.00 bits per heavy atom. The zero-order valence-electron chi connectivity index (χ0n) is 8.87. The zero-order valence-corrected chi connectivity index (χ0v) is 9.68. The van der Waals surface area contributed by atoms with Crippen LogP contribution in [-0.2, 0) is 0 Å². The molecule has 0 saturated heterocycles. The van der Waals surface area contributed by atoms with Crippen LogP contribution < -0.4 is 5.73 Å². The van der Waals surface area contributed by atoms with Gasteiger partial charge in [0.05, 0.1) is 11.6 Å².